The molecule has 4 aromatic rings. The monoisotopic (exact) mass is 361 g/mol. The Balaban J connectivity index is 1.70. The summed E-state index contributed by atoms with van der Waals surface area (Å²) in [4.78, 5) is 11.5. The highest BCUT2D eigenvalue weighted by atomic mass is 16.5. The summed E-state index contributed by atoms with van der Waals surface area (Å²) in [5.41, 5.74) is 3.33. The second-order valence-corrected chi connectivity index (χ2v) is 5.81. The van der Waals surface area contributed by atoms with Crippen LogP contribution in [0.3, 0.4) is 0 Å². The molecule has 7 heteroatoms. The van der Waals surface area contributed by atoms with Gasteiger partial charge in [-0.1, -0.05) is 35.5 Å². The molecular formula is C20H15N3O4. The van der Waals surface area contributed by atoms with E-state index in [4.69, 9.17) is 13.7 Å². The van der Waals surface area contributed by atoms with Gasteiger partial charge in [0.2, 0.25) is 5.89 Å². The van der Waals surface area contributed by atoms with Gasteiger partial charge in [0, 0.05) is 11.1 Å². The number of hydrogen-bond donors (Lipinski definition) is 0. The second-order valence-electron chi connectivity index (χ2n) is 5.81. The maximum atomic E-state index is 11.5. The fourth-order valence-corrected chi connectivity index (χ4v) is 2.72. The maximum absolute atomic E-state index is 11.5. The molecule has 0 fully saturated rings. The molecule has 0 aliphatic rings. The molecule has 0 saturated carbocycles. The highest BCUT2D eigenvalue weighted by Crippen LogP contribution is 2.34. The van der Waals surface area contributed by atoms with Crippen molar-refractivity contribution >= 4 is 5.97 Å². The number of ether oxygens (including phenoxy) is 1. The van der Waals surface area contributed by atoms with Crippen LogP contribution in [0.2, 0.25) is 0 Å². The van der Waals surface area contributed by atoms with Gasteiger partial charge in [-0.05, 0) is 31.2 Å². The molecule has 2 aromatic carbocycles. The first-order chi connectivity index (χ1) is 13.2. The Labute approximate surface area is 154 Å². The van der Waals surface area contributed by atoms with Crippen LogP contribution in [-0.2, 0) is 4.74 Å². The molecule has 0 radical (unpaired) electrons. The van der Waals surface area contributed by atoms with E-state index in [0.29, 0.717) is 39.9 Å². The first-order valence-corrected chi connectivity index (χ1v) is 8.21. The van der Waals surface area contributed by atoms with Gasteiger partial charge in [-0.25, -0.2) is 4.79 Å². The summed E-state index contributed by atoms with van der Waals surface area (Å²) in [6, 6.07) is 16.4. The van der Waals surface area contributed by atoms with Crippen molar-refractivity contribution in [3.8, 4) is 34.2 Å². The Morgan fingerprint density at radius 2 is 1.63 bits per heavy atom. The fraction of sp³-hybridized carbons (Fsp3) is 0.100. The van der Waals surface area contributed by atoms with Crippen molar-refractivity contribution in [2.75, 3.05) is 7.11 Å². The predicted octanol–water partition coefficient (Wildman–Crippen LogP) is 4.15. The SMILES string of the molecule is COC(=O)c1ccc(-c2nnc(-c3c(-c4ccccc4)noc3C)o2)cc1. The zero-order valence-corrected chi connectivity index (χ0v) is 14.7. The number of benzene rings is 2. The molecule has 0 bridgehead atoms. The summed E-state index contributed by atoms with van der Waals surface area (Å²) < 4.78 is 15.9. The van der Waals surface area contributed by atoms with E-state index >= 15 is 0 Å². The Morgan fingerprint density at radius 1 is 0.926 bits per heavy atom. The standard InChI is InChI=1S/C20H15N3O4/c1-12-16(17(23-27-12)13-6-4-3-5-7-13)19-22-21-18(26-19)14-8-10-15(11-9-14)20(24)25-2/h3-11H,1-2H3. The number of hydrogen-bond acceptors (Lipinski definition) is 7. The predicted molar refractivity (Wildman–Crippen MR) is 96.7 cm³/mol. The summed E-state index contributed by atoms with van der Waals surface area (Å²) in [7, 11) is 1.34. The van der Waals surface area contributed by atoms with Crippen LogP contribution in [-0.4, -0.2) is 28.4 Å². The van der Waals surface area contributed by atoms with Gasteiger partial charge in [0.05, 0.1) is 12.7 Å². The number of nitrogens with zero attached hydrogens (tertiary/aromatic N) is 3. The average Bonchev–Trinajstić information content (AvgIpc) is 3.34. The zero-order chi connectivity index (χ0) is 18.8. The van der Waals surface area contributed by atoms with Gasteiger partial charge in [-0.15, -0.1) is 10.2 Å². The molecule has 0 N–H and O–H groups in total. The molecule has 134 valence electrons. The first-order valence-electron chi connectivity index (χ1n) is 8.21. The minimum Gasteiger partial charge on any atom is -0.465 e. The zero-order valence-electron chi connectivity index (χ0n) is 14.7. The molecule has 0 atom stereocenters. The normalized spacial score (nSPS) is 10.7. The fourth-order valence-electron chi connectivity index (χ4n) is 2.72. The van der Waals surface area contributed by atoms with Gasteiger partial charge < -0.3 is 13.7 Å². The first kappa shape index (κ1) is 16.7. The van der Waals surface area contributed by atoms with Crippen molar-refractivity contribution in [2.45, 2.75) is 6.92 Å². The van der Waals surface area contributed by atoms with E-state index in [-0.39, 0.29) is 0 Å². The third-order valence-corrected chi connectivity index (χ3v) is 4.10. The summed E-state index contributed by atoms with van der Waals surface area (Å²) in [5.74, 6) is 0.839. The number of carbonyl (C=O) groups excluding carboxylic acids is 1. The molecule has 2 heterocycles. The molecule has 0 aliphatic heterocycles. The van der Waals surface area contributed by atoms with E-state index in [0.717, 1.165) is 5.56 Å². The summed E-state index contributed by atoms with van der Waals surface area (Å²) in [5, 5.41) is 12.4. The van der Waals surface area contributed by atoms with E-state index < -0.39 is 5.97 Å². The van der Waals surface area contributed by atoms with Crippen molar-refractivity contribution in [3.63, 3.8) is 0 Å². The van der Waals surface area contributed by atoms with Crippen LogP contribution >= 0.6 is 0 Å². The maximum Gasteiger partial charge on any atom is 0.337 e. The summed E-state index contributed by atoms with van der Waals surface area (Å²) in [6.45, 7) is 1.80. The minimum absolute atomic E-state index is 0.319. The second kappa shape index (κ2) is 6.87. The van der Waals surface area contributed by atoms with Crippen molar-refractivity contribution in [2.24, 2.45) is 0 Å². The smallest absolute Gasteiger partial charge is 0.337 e. The molecule has 7 nitrogen and oxygen atoms in total. The van der Waals surface area contributed by atoms with E-state index in [1.807, 2.05) is 30.3 Å². The lowest BCUT2D eigenvalue weighted by Gasteiger charge is -2.00. The van der Waals surface area contributed by atoms with Crippen LogP contribution in [0.1, 0.15) is 16.1 Å². The van der Waals surface area contributed by atoms with Gasteiger partial charge in [0.25, 0.3) is 5.89 Å². The lowest BCUT2D eigenvalue weighted by atomic mass is 10.1. The molecule has 27 heavy (non-hydrogen) atoms. The summed E-state index contributed by atoms with van der Waals surface area (Å²) in [6.07, 6.45) is 0. The number of carbonyl (C=O) groups is 1. The molecule has 0 saturated heterocycles. The number of aromatic nitrogens is 3. The summed E-state index contributed by atoms with van der Waals surface area (Å²) >= 11 is 0. The van der Waals surface area contributed by atoms with Crippen molar-refractivity contribution in [1.82, 2.24) is 15.4 Å². The van der Waals surface area contributed by atoms with Gasteiger partial charge in [-0.2, -0.15) is 0 Å². The molecule has 2 aromatic heterocycles. The minimum atomic E-state index is -0.402. The van der Waals surface area contributed by atoms with Crippen molar-refractivity contribution in [1.29, 1.82) is 0 Å². The van der Waals surface area contributed by atoms with E-state index in [2.05, 4.69) is 15.4 Å². The van der Waals surface area contributed by atoms with Crippen molar-refractivity contribution in [3.05, 3.63) is 65.9 Å². The molecule has 0 amide bonds. The van der Waals surface area contributed by atoms with Gasteiger partial charge in [0.1, 0.15) is 17.0 Å². The Bertz CT molecular complexity index is 1080. The van der Waals surface area contributed by atoms with E-state index in [1.54, 1.807) is 31.2 Å². The van der Waals surface area contributed by atoms with Crippen LogP contribution in [0, 0.1) is 6.92 Å². The third-order valence-electron chi connectivity index (χ3n) is 4.10. The molecule has 0 aliphatic carbocycles. The Morgan fingerprint density at radius 3 is 2.33 bits per heavy atom. The number of methoxy groups -OCH3 is 1. The number of esters is 1. The van der Waals surface area contributed by atoms with Gasteiger partial charge in [-0.3, -0.25) is 0 Å². The molecule has 4 rings (SSSR count). The quantitative estimate of drug-likeness (QED) is 0.504. The van der Waals surface area contributed by atoms with Crippen molar-refractivity contribution < 1.29 is 18.5 Å². The van der Waals surface area contributed by atoms with Gasteiger partial charge in [0.15, 0.2) is 0 Å². The number of aryl methyl sites for hydroxylation is 1. The molecule has 0 spiro atoms. The van der Waals surface area contributed by atoms with Crippen LogP contribution in [0.25, 0.3) is 34.2 Å². The van der Waals surface area contributed by atoms with Crippen LogP contribution < -0.4 is 0 Å². The van der Waals surface area contributed by atoms with Gasteiger partial charge >= 0.3 is 5.97 Å². The average molecular weight is 361 g/mol. The highest BCUT2D eigenvalue weighted by molar-refractivity contribution is 5.89. The topological polar surface area (TPSA) is 91.2 Å². The largest absolute Gasteiger partial charge is 0.465 e. The third kappa shape index (κ3) is 3.10. The highest BCUT2D eigenvalue weighted by Gasteiger charge is 2.22. The lowest BCUT2D eigenvalue weighted by molar-refractivity contribution is 0.0600. The van der Waals surface area contributed by atoms with Crippen LogP contribution in [0.15, 0.2) is 63.5 Å². The van der Waals surface area contributed by atoms with E-state index in [9.17, 15) is 4.79 Å². The molecular weight excluding hydrogens is 346 g/mol. The van der Waals surface area contributed by atoms with Crippen LogP contribution in [0.4, 0.5) is 0 Å². The number of rotatable bonds is 4. The Kier molecular flexibility index (Phi) is 4.25. The Hall–Kier alpha value is -3.74. The molecule has 0 unspecified atom stereocenters. The van der Waals surface area contributed by atoms with Crippen LogP contribution in [0.5, 0.6) is 0 Å². The van der Waals surface area contributed by atoms with E-state index in [1.165, 1.54) is 7.11 Å². The lowest BCUT2D eigenvalue weighted by Crippen LogP contribution is -2.00.